The molecule has 0 heterocycles. The first kappa shape index (κ1) is 24.6. The van der Waals surface area contributed by atoms with Crippen LogP contribution >= 0.6 is 0 Å². The molecule has 0 aromatic heterocycles. The zero-order chi connectivity index (χ0) is 24.9. The summed E-state index contributed by atoms with van der Waals surface area (Å²) in [7, 11) is -10.1. The van der Waals surface area contributed by atoms with E-state index in [1.54, 1.807) is 54.6 Å². The van der Waals surface area contributed by atoms with Crippen LogP contribution in [0.4, 0.5) is 4.39 Å². The number of sulfone groups is 2. The Bertz CT molecular complexity index is 1430. The molecule has 4 aromatic carbocycles. The van der Waals surface area contributed by atoms with E-state index in [0.29, 0.717) is 5.56 Å². The van der Waals surface area contributed by atoms with Crippen LogP contribution < -0.4 is 0 Å². The monoisotopic (exact) mass is 506 g/mol. The molecule has 0 N–H and O–H groups in total. The van der Waals surface area contributed by atoms with E-state index in [9.17, 15) is 16.8 Å². The van der Waals surface area contributed by atoms with Crippen LogP contribution in [0.15, 0.2) is 137 Å². The van der Waals surface area contributed by atoms with E-state index in [4.69, 9.17) is 0 Å². The van der Waals surface area contributed by atoms with Gasteiger partial charge in [0.05, 0.1) is 15.7 Å². The largest absolute Gasteiger partial charge is 0.327 e. The number of benzene rings is 4. The second kappa shape index (κ2) is 9.98. The van der Waals surface area contributed by atoms with Gasteiger partial charge in [-0.05, 0) is 35.4 Å². The second-order valence-corrected chi connectivity index (χ2v) is 12.3. The second-order valence-electron chi connectivity index (χ2n) is 7.87. The van der Waals surface area contributed by atoms with Gasteiger partial charge < -0.3 is 0 Å². The Morgan fingerprint density at radius 3 is 1.37 bits per heavy atom. The minimum Gasteiger partial charge on any atom is -0.219 e. The van der Waals surface area contributed by atoms with Gasteiger partial charge in [0, 0.05) is 0 Å². The predicted octanol–water partition coefficient (Wildman–Crippen LogP) is 6.05. The van der Waals surface area contributed by atoms with Gasteiger partial charge in [0.25, 0.3) is 0 Å². The summed E-state index contributed by atoms with van der Waals surface area (Å²) in [4.78, 5) is -0.841. The van der Waals surface area contributed by atoms with Crippen molar-refractivity contribution in [3.63, 3.8) is 0 Å². The fourth-order valence-corrected chi connectivity index (χ4v) is 8.36. The molecule has 4 rings (SSSR count). The summed E-state index contributed by atoms with van der Waals surface area (Å²) < 4.78 is 69.5. The summed E-state index contributed by atoms with van der Waals surface area (Å²) in [5, 5.41) is 0. The maximum atomic E-state index is 17.5. The van der Waals surface area contributed by atoms with Gasteiger partial charge in [-0.1, -0.05) is 109 Å². The Balaban J connectivity index is 2.04. The lowest BCUT2D eigenvalue weighted by atomic mass is 9.98. The van der Waals surface area contributed by atoms with Crippen molar-refractivity contribution >= 4 is 25.8 Å². The third kappa shape index (κ3) is 4.57. The van der Waals surface area contributed by atoms with Gasteiger partial charge in [0.1, 0.15) is 0 Å². The van der Waals surface area contributed by atoms with Gasteiger partial charge in [0.2, 0.25) is 19.7 Å². The highest BCUT2D eigenvalue weighted by atomic mass is 32.3. The molecule has 4 nitrogen and oxygen atoms in total. The highest BCUT2D eigenvalue weighted by molar-refractivity contribution is 8.10. The molecule has 0 amide bonds. The van der Waals surface area contributed by atoms with E-state index in [1.807, 2.05) is 6.07 Å². The fourth-order valence-electron chi connectivity index (χ4n) is 3.86. The van der Waals surface area contributed by atoms with E-state index in [2.05, 4.69) is 0 Å². The van der Waals surface area contributed by atoms with Crippen LogP contribution in [0.3, 0.4) is 0 Å². The van der Waals surface area contributed by atoms with Gasteiger partial charge in [-0.15, -0.1) is 0 Å². The van der Waals surface area contributed by atoms with Crippen molar-refractivity contribution in [3.8, 4) is 0 Å². The number of hydrogen-bond acceptors (Lipinski definition) is 4. The van der Waals surface area contributed by atoms with E-state index in [-0.39, 0.29) is 5.56 Å². The summed E-state index contributed by atoms with van der Waals surface area (Å²) in [6.45, 7) is 0. The van der Waals surface area contributed by atoms with Gasteiger partial charge in [-0.3, -0.25) is 0 Å². The van der Waals surface area contributed by atoms with E-state index < -0.39 is 39.7 Å². The molecule has 0 aliphatic heterocycles. The molecule has 0 saturated heterocycles. The fraction of sp³-hybridized carbons (Fsp3) is 0.0714. The summed E-state index contributed by atoms with van der Waals surface area (Å²) in [6.07, 6.45) is 2.85. The van der Waals surface area contributed by atoms with Crippen LogP contribution in [-0.2, 0) is 19.7 Å². The molecule has 1 unspecified atom stereocenters. The Hall–Kier alpha value is -3.55. The molecular weight excluding hydrogens is 483 g/mol. The van der Waals surface area contributed by atoms with Crippen molar-refractivity contribution in [1.82, 2.24) is 0 Å². The molecule has 35 heavy (non-hydrogen) atoms. The number of rotatable bonds is 8. The molecule has 0 radical (unpaired) electrons. The minimum absolute atomic E-state index is 0.209. The average molecular weight is 507 g/mol. The van der Waals surface area contributed by atoms with Crippen LogP contribution in [-0.4, -0.2) is 21.2 Å². The summed E-state index contributed by atoms with van der Waals surface area (Å²) in [6, 6.07) is 30.5. The van der Waals surface area contributed by atoms with Gasteiger partial charge in [0.15, 0.2) is 0 Å². The van der Waals surface area contributed by atoms with E-state index in [1.165, 1.54) is 72.8 Å². The standard InChI is InChI=1S/C28H23FO4S2/c29-28(34(30,31)25-17-9-3-10-18-25,35(32,33)26-19-11-4-12-20-26)27(24-15-7-2-8-16-24)22-21-23-13-5-1-6-14-23/h1-22,27H. The lowest BCUT2D eigenvalue weighted by molar-refractivity contribution is 0.331. The molecule has 1 atom stereocenters. The molecule has 0 aliphatic rings. The Labute approximate surface area is 205 Å². The number of allylic oxidation sites excluding steroid dienone is 1. The van der Waals surface area contributed by atoms with Crippen LogP contribution in [0.2, 0.25) is 0 Å². The quantitative estimate of drug-likeness (QED) is 0.292. The summed E-state index contributed by atoms with van der Waals surface area (Å²) >= 11 is 0. The maximum Gasteiger partial charge on any atom is 0.327 e. The Morgan fingerprint density at radius 1 is 0.571 bits per heavy atom. The van der Waals surface area contributed by atoms with Crippen molar-refractivity contribution < 1.29 is 21.2 Å². The first-order valence-corrected chi connectivity index (χ1v) is 13.8. The third-order valence-electron chi connectivity index (χ3n) is 5.65. The molecule has 0 fully saturated rings. The molecule has 0 spiro atoms. The van der Waals surface area contributed by atoms with Crippen LogP contribution in [0.25, 0.3) is 6.08 Å². The van der Waals surface area contributed by atoms with Crippen LogP contribution in [0.5, 0.6) is 0 Å². The van der Waals surface area contributed by atoms with E-state index in [0.717, 1.165) is 0 Å². The van der Waals surface area contributed by atoms with Crippen molar-refractivity contribution in [2.24, 2.45) is 0 Å². The lowest BCUT2D eigenvalue weighted by Gasteiger charge is -2.32. The Morgan fingerprint density at radius 2 is 0.943 bits per heavy atom. The molecule has 178 valence electrons. The summed E-state index contributed by atoms with van der Waals surface area (Å²) in [5.74, 6) is -1.67. The van der Waals surface area contributed by atoms with Crippen molar-refractivity contribution in [1.29, 1.82) is 0 Å². The minimum atomic E-state index is -5.06. The third-order valence-corrected chi connectivity index (χ3v) is 10.7. The number of halogens is 1. The van der Waals surface area contributed by atoms with Gasteiger partial charge in [-0.25, -0.2) is 21.2 Å². The first-order valence-electron chi connectivity index (χ1n) is 10.8. The first-order chi connectivity index (χ1) is 16.8. The van der Waals surface area contributed by atoms with Gasteiger partial charge in [-0.2, -0.15) is 0 Å². The van der Waals surface area contributed by atoms with Crippen molar-refractivity contribution in [3.05, 3.63) is 139 Å². The zero-order valence-corrected chi connectivity index (χ0v) is 20.2. The normalized spacial score (nSPS) is 13.5. The van der Waals surface area contributed by atoms with Crippen LogP contribution in [0.1, 0.15) is 17.0 Å². The highest BCUT2D eigenvalue weighted by Crippen LogP contribution is 2.48. The van der Waals surface area contributed by atoms with Crippen molar-refractivity contribution in [2.75, 3.05) is 0 Å². The lowest BCUT2D eigenvalue weighted by Crippen LogP contribution is -2.47. The molecular formula is C28H23FO4S2. The smallest absolute Gasteiger partial charge is 0.219 e. The zero-order valence-electron chi connectivity index (χ0n) is 18.6. The topological polar surface area (TPSA) is 68.3 Å². The maximum absolute atomic E-state index is 17.5. The van der Waals surface area contributed by atoms with Crippen molar-refractivity contribution in [2.45, 2.75) is 20.0 Å². The molecule has 4 aromatic rings. The molecule has 0 bridgehead atoms. The summed E-state index contributed by atoms with van der Waals surface area (Å²) in [5.41, 5.74) is 0.881. The van der Waals surface area contributed by atoms with Gasteiger partial charge >= 0.3 is 4.33 Å². The number of hydrogen-bond donors (Lipinski definition) is 0. The molecule has 7 heteroatoms. The van der Waals surface area contributed by atoms with Crippen LogP contribution in [0, 0.1) is 0 Å². The molecule has 0 saturated carbocycles. The molecule has 0 aliphatic carbocycles. The predicted molar refractivity (Wildman–Crippen MR) is 136 cm³/mol. The highest BCUT2D eigenvalue weighted by Gasteiger charge is 2.62. The SMILES string of the molecule is O=S(=O)(c1ccccc1)C(F)(C(C=Cc1ccccc1)c1ccccc1)S(=O)(=O)c1ccccc1. The number of alkyl halides is 1. The van der Waals surface area contributed by atoms with E-state index >= 15 is 4.39 Å². The Kier molecular flexibility index (Phi) is 7.00. The average Bonchev–Trinajstić information content (AvgIpc) is 2.90.